The molecule has 0 aliphatic carbocycles. The van der Waals surface area contributed by atoms with Crippen LogP contribution >= 0.6 is 0 Å². The Labute approximate surface area is 115 Å². The van der Waals surface area contributed by atoms with E-state index in [0.717, 1.165) is 20.8 Å². The SMILES string of the molecule is CC(=O)[C@]1(O)C[C@](O)(C(C)=O)[C@@H](O)O[C@@H]1C(=O)C(C)O. The second-order valence-corrected chi connectivity index (χ2v) is 5.08. The normalized spacial score (nSPS) is 39.1. The zero-order chi connectivity index (χ0) is 15.9. The molecule has 0 spiro atoms. The maximum absolute atomic E-state index is 11.8. The Hall–Kier alpha value is -1.19. The molecule has 0 aromatic rings. The molecule has 1 fully saturated rings. The fraction of sp³-hybridized carbons (Fsp3) is 0.750. The summed E-state index contributed by atoms with van der Waals surface area (Å²) < 4.78 is 4.77. The van der Waals surface area contributed by atoms with Crippen molar-refractivity contribution in [3.63, 3.8) is 0 Å². The third-order valence-electron chi connectivity index (χ3n) is 3.54. The Balaban J connectivity index is 3.28. The van der Waals surface area contributed by atoms with Gasteiger partial charge in [-0.3, -0.25) is 14.4 Å². The molecule has 1 heterocycles. The smallest absolute Gasteiger partial charge is 0.193 e. The highest BCUT2D eigenvalue weighted by Gasteiger charge is 2.61. The molecule has 0 saturated carbocycles. The van der Waals surface area contributed by atoms with Gasteiger partial charge in [-0.05, 0) is 20.8 Å². The number of carbonyl (C=O) groups is 3. The molecule has 114 valence electrons. The summed E-state index contributed by atoms with van der Waals surface area (Å²) in [6, 6.07) is 0. The minimum Gasteiger partial charge on any atom is -0.386 e. The van der Waals surface area contributed by atoms with Gasteiger partial charge in [0.05, 0.1) is 0 Å². The summed E-state index contributed by atoms with van der Waals surface area (Å²) in [6.07, 6.45) is -6.40. The summed E-state index contributed by atoms with van der Waals surface area (Å²) in [5, 5.41) is 39.2. The van der Waals surface area contributed by atoms with E-state index in [1.165, 1.54) is 0 Å². The summed E-state index contributed by atoms with van der Waals surface area (Å²) in [4.78, 5) is 34.8. The third-order valence-corrected chi connectivity index (χ3v) is 3.54. The zero-order valence-corrected chi connectivity index (χ0v) is 11.4. The van der Waals surface area contributed by atoms with E-state index < -0.39 is 53.5 Å². The molecule has 0 radical (unpaired) electrons. The van der Waals surface area contributed by atoms with E-state index in [1.807, 2.05) is 0 Å². The molecule has 8 nitrogen and oxygen atoms in total. The molecule has 1 rings (SSSR count). The molecule has 20 heavy (non-hydrogen) atoms. The van der Waals surface area contributed by atoms with E-state index in [0.29, 0.717) is 0 Å². The van der Waals surface area contributed by atoms with Crippen LogP contribution in [0.5, 0.6) is 0 Å². The van der Waals surface area contributed by atoms with Crippen molar-refractivity contribution in [3.8, 4) is 0 Å². The molecule has 0 aromatic carbocycles. The lowest BCUT2D eigenvalue weighted by Crippen LogP contribution is -2.69. The lowest BCUT2D eigenvalue weighted by atomic mass is 9.74. The largest absolute Gasteiger partial charge is 0.386 e. The standard InChI is InChI=1S/C12H18O8/c1-5(13)8(16)9-11(18,6(2)14)4-12(19,7(3)15)10(17)20-9/h5,9-10,13,17-19H,4H2,1-3H3/t5?,9-,10+,11-,12+/m1/s1. The van der Waals surface area contributed by atoms with Crippen LogP contribution < -0.4 is 0 Å². The lowest BCUT2D eigenvalue weighted by molar-refractivity contribution is -0.290. The molecular weight excluding hydrogens is 272 g/mol. The molecule has 1 unspecified atom stereocenters. The quantitative estimate of drug-likeness (QED) is 0.452. The average Bonchev–Trinajstić information content (AvgIpc) is 2.32. The Kier molecular flexibility index (Phi) is 4.47. The second kappa shape index (κ2) is 5.30. The summed E-state index contributed by atoms with van der Waals surface area (Å²) in [5.74, 6) is -2.89. The number of carbonyl (C=O) groups excluding carboxylic acids is 3. The minimum absolute atomic E-state index is 0.894. The van der Waals surface area contributed by atoms with E-state index >= 15 is 0 Å². The Morgan fingerprint density at radius 1 is 1.15 bits per heavy atom. The number of rotatable bonds is 4. The number of ketones is 3. The molecule has 1 saturated heterocycles. The van der Waals surface area contributed by atoms with Gasteiger partial charge in [0.1, 0.15) is 6.10 Å². The first-order chi connectivity index (χ1) is 8.96. The van der Waals surface area contributed by atoms with Crippen molar-refractivity contribution in [2.75, 3.05) is 0 Å². The topological polar surface area (TPSA) is 141 Å². The highest BCUT2D eigenvalue weighted by atomic mass is 16.6. The molecule has 4 N–H and O–H groups in total. The van der Waals surface area contributed by atoms with Gasteiger partial charge in [-0.2, -0.15) is 0 Å². The lowest BCUT2D eigenvalue weighted by Gasteiger charge is -2.46. The number of aliphatic hydroxyl groups is 4. The molecule has 0 bridgehead atoms. The van der Waals surface area contributed by atoms with E-state index in [-0.39, 0.29) is 0 Å². The first kappa shape index (κ1) is 16.9. The summed E-state index contributed by atoms with van der Waals surface area (Å²) in [5.41, 5.74) is -5.01. The molecule has 5 atom stereocenters. The highest BCUT2D eigenvalue weighted by molar-refractivity contribution is 5.98. The van der Waals surface area contributed by atoms with Crippen LogP contribution in [0.2, 0.25) is 0 Å². The molecule has 1 aliphatic heterocycles. The van der Waals surface area contributed by atoms with Gasteiger partial charge in [0.15, 0.2) is 40.9 Å². The predicted octanol–water partition coefficient (Wildman–Crippen LogP) is -2.32. The van der Waals surface area contributed by atoms with Crippen LogP contribution in [0.3, 0.4) is 0 Å². The van der Waals surface area contributed by atoms with Crippen molar-refractivity contribution in [1.29, 1.82) is 0 Å². The van der Waals surface area contributed by atoms with Crippen LogP contribution in [0.15, 0.2) is 0 Å². The number of Topliss-reactive ketones (excluding diaryl/α,β-unsaturated/α-hetero) is 3. The van der Waals surface area contributed by atoms with Gasteiger partial charge >= 0.3 is 0 Å². The van der Waals surface area contributed by atoms with Gasteiger partial charge in [-0.15, -0.1) is 0 Å². The van der Waals surface area contributed by atoms with Crippen LogP contribution in [0.1, 0.15) is 27.2 Å². The van der Waals surface area contributed by atoms with Crippen molar-refractivity contribution in [2.24, 2.45) is 0 Å². The van der Waals surface area contributed by atoms with Crippen LogP contribution in [0.4, 0.5) is 0 Å². The Morgan fingerprint density at radius 2 is 1.60 bits per heavy atom. The van der Waals surface area contributed by atoms with Gasteiger partial charge < -0.3 is 25.2 Å². The summed E-state index contributed by atoms with van der Waals surface area (Å²) in [6.45, 7) is 3.00. The molecule has 8 heteroatoms. The fourth-order valence-corrected chi connectivity index (χ4v) is 2.07. The summed E-state index contributed by atoms with van der Waals surface area (Å²) in [7, 11) is 0. The van der Waals surface area contributed by atoms with E-state index in [1.54, 1.807) is 0 Å². The first-order valence-corrected chi connectivity index (χ1v) is 5.99. The Morgan fingerprint density at radius 3 is 1.95 bits per heavy atom. The number of ether oxygens (including phenoxy) is 1. The van der Waals surface area contributed by atoms with Gasteiger partial charge in [0.25, 0.3) is 0 Å². The van der Waals surface area contributed by atoms with E-state index in [9.17, 15) is 34.8 Å². The molecule has 0 aromatic heterocycles. The number of hydrogen-bond donors (Lipinski definition) is 4. The minimum atomic E-state index is -2.51. The van der Waals surface area contributed by atoms with Gasteiger partial charge in [0, 0.05) is 6.42 Å². The van der Waals surface area contributed by atoms with Crippen molar-refractivity contribution >= 4 is 17.3 Å². The average molecular weight is 290 g/mol. The maximum Gasteiger partial charge on any atom is 0.193 e. The first-order valence-electron chi connectivity index (χ1n) is 5.99. The summed E-state index contributed by atoms with van der Waals surface area (Å²) >= 11 is 0. The van der Waals surface area contributed by atoms with Crippen molar-refractivity contribution < 1.29 is 39.5 Å². The van der Waals surface area contributed by atoms with E-state index in [2.05, 4.69) is 0 Å². The van der Waals surface area contributed by atoms with Crippen molar-refractivity contribution in [2.45, 2.75) is 56.9 Å². The molecule has 0 amide bonds. The van der Waals surface area contributed by atoms with Crippen LogP contribution in [-0.2, 0) is 19.1 Å². The zero-order valence-electron chi connectivity index (χ0n) is 11.4. The molecule has 1 aliphatic rings. The highest BCUT2D eigenvalue weighted by Crippen LogP contribution is 2.37. The van der Waals surface area contributed by atoms with Crippen molar-refractivity contribution in [1.82, 2.24) is 0 Å². The van der Waals surface area contributed by atoms with Crippen LogP contribution in [-0.4, -0.2) is 67.5 Å². The second-order valence-electron chi connectivity index (χ2n) is 5.08. The monoisotopic (exact) mass is 290 g/mol. The van der Waals surface area contributed by atoms with Gasteiger partial charge in [-0.1, -0.05) is 0 Å². The van der Waals surface area contributed by atoms with Crippen molar-refractivity contribution in [3.05, 3.63) is 0 Å². The molecular formula is C12H18O8. The number of hydrogen-bond acceptors (Lipinski definition) is 8. The van der Waals surface area contributed by atoms with Crippen LogP contribution in [0, 0.1) is 0 Å². The van der Waals surface area contributed by atoms with Crippen LogP contribution in [0.25, 0.3) is 0 Å². The van der Waals surface area contributed by atoms with Gasteiger partial charge in [0.2, 0.25) is 0 Å². The number of aliphatic hydroxyl groups excluding tert-OH is 2. The predicted molar refractivity (Wildman–Crippen MR) is 63.4 cm³/mol. The Bertz CT molecular complexity index is 445. The maximum atomic E-state index is 11.8. The van der Waals surface area contributed by atoms with E-state index in [4.69, 9.17) is 4.74 Å². The van der Waals surface area contributed by atoms with Gasteiger partial charge in [-0.25, -0.2) is 0 Å². The third kappa shape index (κ3) is 2.52. The fourth-order valence-electron chi connectivity index (χ4n) is 2.07.